The zero-order valence-electron chi connectivity index (χ0n) is 24.6. The summed E-state index contributed by atoms with van der Waals surface area (Å²) in [5, 5.41) is 3.57. The Morgan fingerprint density at radius 3 is 2.20 bits per heavy atom. The molecule has 0 aliphatic carbocycles. The fourth-order valence-corrected chi connectivity index (χ4v) is 5.21. The first kappa shape index (κ1) is 28.8. The van der Waals surface area contributed by atoms with Gasteiger partial charge in [0.05, 0.1) is 13.2 Å². The summed E-state index contributed by atoms with van der Waals surface area (Å²) in [5.41, 5.74) is 5.73. The standard InChI is InChI=1S/C36H40FNO3/c1-35(2,3)28-16-14-25(15-17-28)22-38-30-18-19-32-31(21-30)33(39-23-26-10-7-6-8-11-26)34(36(4,5)41-32)40-24-27-12-9-13-29(37)20-27/h6-21,33-34,38H,22-24H2,1-5H3. The third-order valence-corrected chi connectivity index (χ3v) is 7.56. The van der Waals surface area contributed by atoms with E-state index >= 15 is 0 Å². The number of halogens is 1. The Balaban J connectivity index is 1.39. The lowest BCUT2D eigenvalue weighted by Crippen LogP contribution is -2.50. The van der Waals surface area contributed by atoms with Crippen LogP contribution in [-0.2, 0) is 34.6 Å². The Labute approximate surface area is 243 Å². The molecule has 1 aliphatic rings. The van der Waals surface area contributed by atoms with Crippen LogP contribution in [0, 0.1) is 5.82 Å². The van der Waals surface area contributed by atoms with E-state index in [1.165, 1.54) is 23.3 Å². The van der Waals surface area contributed by atoms with E-state index in [1.54, 1.807) is 6.07 Å². The zero-order valence-corrected chi connectivity index (χ0v) is 24.6. The molecule has 4 nitrogen and oxygen atoms in total. The first-order valence-electron chi connectivity index (χ1n) is 14.3. The van der Waals surface area contributed by atoms with Crippen molar-refractivity contribution in [2.75, 3.05) is 5.32 Å². The van der Waals surface area contributed by atoms with Crippen molar-refractivity contribution < 1.29 is 18.6 Å². The molecular formula is C36H40FNO3. The van der Waals surface area contributed by atoms with Crippen LogP contribution < -0.4 is 10.1 Å². The lowest BCUT2D eigenvalue weighted by Gasteiger charge is -2.44. The maximum Gasteiger partial charge on any atom is 0.132 e. The molecule has 1 N–H and O–H groups in total. The van der Waals surface area contributed by atoms with Crippen molar-refractivity contribution in [3.63, 3.8) is 0 Å². The van der Waals surface area contributed by atoms with Crippen LogP contribution in [0.4, 0.5) is 10.1 Å². The molecule has 5 heteroatoms. The molecule has 2 atom stereocenters. The van der Waals surface area contributed by atoms with E-state index < -0.39 is 17.8 Å². The van der Waals surface area contributed by atoms with Gasteiger partial charge in [0.2, 0.25) is 0 Å². The fraction of sp³-hybridized carbons (Fsp3) is 0.333. The second kappa shape index (κ2) is 12.1. The van der Waals surface area contributed by atoms with Gasteiger partial charge in [-0.3, -0.25) is 0 Å². The van der Waals surface area contributed by atoms with Gasteiger partial charge in [0.25, 0.3) is 0 Å². The van der Waals surface area contributed by atoms with E-state index in [0.29, 0.717) is 13.2 Å². The summed E-state index contributed by atoms with van der Waals surface area (Å²) in [7, 11) is 0. The first-order valence-corrected chi connectivity index (χ1v) is 14.3. The van der Waals surface area contributed by atoms with Gasteiger partial charge in [-0.1, -0.05) is 87.5 Å². The van der Waals surface area contributed by atoms with Crippen LogP contribution in [0.25, 0.3) is 0 Å². The van der Waals surface area contributed by atoms with Crippen LogP contribution in [0.2, 0.25) is 0 Å². The Bertz CT molecular complexity index is 1440. The van der Waals surface area contributed by atoms with Crippen molar-refractivity contribution in [2.45, 2.75) is 77.6 Å². The molecule has 41 heavy (non-hydrogen) atoms. The van der Waals surface area contributed by atoms with Crippen molar-refractivity contribution in [2.24, 2.45) is 0 Å². The van der Waals surface area contributed by atoms with Crippen molar-refractivity contribution in [1.29, 1.82) is 0 Å². The molecule has 2 unspecified atom stereocenters. The largest absolute Gasteiger partial charge is 0.485 e. The predicted molar refractivity (Wildman–Crippen MR) is 163 cm³/mol. The molecular weight excluding hydrogens is 513 g/mol. The molecule has 0 spiro atoms. The van der Waals surface area contributed by atoms with E-state index in [9.17, 15) is 4.39 Å². The molecule has 0 fully saturated rings. The molecule has 0 saturated heterocycles. The summed E-state index contributed by atoms with van der Waals surface area (Å²) in [4.78, 5) is 0. The molecule has 0 radical (unpaired) electrons. The van der Waals surface area contributed by atoms with Crippen LogP contribution >= 0.6 is 0 Å². The molecule has 4 aromatic carbocycles. The maximum absolute atomic E-state index is 13.9. The monoisotopic (exact) mass is 553 g/mol. The Morgan fingerprint density at radius 2 is 1.49 bits per heavy atom. The number of ether oxygens (including phenoxy) is 3. The second-order valence-electron chi connectivity index (χ2n) is 12.3. The first-order chi connectivity index (χ1) is 19.6. The normalized spacial score (nSPS) is 17.9. The molecule has 1 heterocycles. The smallest absolute Gasteiger partial charge is 0.132 e. The van der Waals surface area contributed by atoms with Crippen molar-refractivity contribution in [3.05, 3.63) is 131 Å². The highest BCUT2D eigenvalue weighted by Crippen LogP contribution is 2.45. The van der Waals surface area contributed by atoms with Crippen molar-refractivity contribution in [3.8, 4) is 5.75 Å². The molecule has 0 saturated carbocycles. The number of rotatable bonds is 9. The summed E-state index contributed by atoms with van der Waals surface area (Å²) in [5.74, 6) is 0.495. The van der Waals surface area contributed by atoms with E-state index in [4.69, 9.17) is 14.2 Å². The molecule has 5 rings (SSSR count). The van der Waals surface area contributed by atoms with Gasteiger partial charge in [-0.2, -0.15) is 0 Å². The van der Waals surface area contributed by atoms with Gasteiger partial charge in [0, 0.05) is 17.8 Å². The SMILES string of the molecule is CC(C)(C)c1ccc(CNc2ccc3c(c2)C(OCc2ccccc2)C(OCc2cccc(F)c2)C(C)(C)O3)cc1. The summed E-state index contributed by atoms with van der Waals surface area (Å²) in [6, 6.07) is 31.5. The minimum absolute atomic E-state index is 0.125. The van der Waals surface area contributed by atoms with E-state index in [2.05, 4.69) is 68.6 Å². The maximum atomic E-state index is 13.9. The van der Waals surface area contributed by atoms with E-state index in [0.717, 1.165) is 28.1 Å². The molecule has 0 amide bonds. The molecule has 0 aromatic heterocycles. The number of hydrogen-bond acceptors (Lipinski definition) is 4. The highest BCUT2D eigenvalue weighted by atomic mass is 19.1. The highest BCUT2D eigenvalue weighted by molar-refractivity contribution is 5.54. The fourth-order valence-electron chi connectivity index (χ4n) is 5.21. The number of benzene rings is 4. The van der Waals surface area contributed by atoms with E-state index in [-0.39, 0.29) is 17.8 Å². The van der Waals surface area contributed by atoms with Gasteiger partial charge >= 0.3 is 0 Å². The van der Waals surface area contributed by atoms with Gasteiger partial charge in [-0.05, 0) is 71.8 Å². The number of anilines is 1. The molecule has 0 bridgehead atoms. The molecule has 4 aromatic rings. The minimum atomic E-state index is -0.675. The van der Waals surface area contributed by atoms with Gasteiger partial charge < -0.3 is 19.5 Å². The van der Waals surface area contributed by atoms with Crippen LogP contribution in [0.15, 0.2) is 97.1 Å². The van der Waals surface area contributed by atoms with Crippen LogP contribution in [0.3, 0.4) is 0 Å². The average molecular weight is 554 g/mol. The van der Waals surface area contributed by atoms with Gasteiger partial charge in [-0.25, -0.2) is 4.39 Å². The Hall–Kier alpha value is -3.67. The van der Waals surface area contributed by atoms with Crippen LogP contribution in [-0.4, -0.2) is 11.7 Å². The molecule has 214 valence electrons. The average Bonchev–Trinajstić information content (AvgIpc) is 2.94. The summed E-state index contributed by atoms with van der Waals surface area (Å²) < 4.78 is 33.4. The third kappa shape index (κ3) is 7.16. The van der Waals surface area contributed by atoms with Crippen LogP contribution in [0.5, 0.6) is 5.75 Å². The summed E-state index contributed by atoms with van der Waals surface area (Å²) in [6.45, 7) is 12.1. The number of nitrogens with one attached hydrogen (secondary N) is 1. The molecule has 1 aliphatic heterocycles. The second-order valence-corrected chi connectivity index (χ2v) is 12.3. The van der Waals surface area contributed by atoms with Gasteiger partial charge in [-0.15, -0.1) is 0 Å². The lowest BCUT2D eigenvalue weighted by molar-refractivity contribution is -0.170. The number of hydrogen-bond donors (Lipinski definition) is 1. The summed E-state index contributed by atoms with van der Waals surface area (Å²) >= 11 is 0. The predicted octanol–water partition coefficient (Wildman–Crippen LogP) is 8.75. The van der Waals surface area contributed by atoms with Crippen molar-refractivity contribution in [1.82, 2.24) is 0 Å². The van der Waals surface area contributed by atoms with Gasteiger partial charge in [0.1, 0.15) is 29.4 Å². The Kier molecular flexibility index (Phi) is 8.48. The third-order valence-electron chi connectivity index (χ3n) is 7.56. The van der Waals surface area contributed by atoms with E-state index in [1.807, 2.05) is 50.2 Å². The topological polar surface area (TPSA) is 39.7 Å². The Morgan fingerprint density at radius 1 is 0.780 bits per heavy atom. The van der Waals surface area contributed by atoms with Gasteiger partial charge in [0.15, 0.2) is 0 Å². The van der Waals surface area contributed by atoms with Crippen LogP contribution in [0.1, 0.15) is 68.5 Å². The number of fused-ring (bicyclic) bond motifs is 1. The quantitative estimate of drug-likeness (QED) is 0.225. The van der Waals surface area contributed by atoms with Crippen molar-refractivity contribution >= 4 is 5.69 Å². The minimum Gasteiger partial charge on any atom is -0.485 e. The summed E-state index contributed by atoms with van der Waals surface area (Å²) in [6.07, 6.45) is -0.822. The highest BCUT2D eigenvalue weighted by Gasteiger charge is 2.45. The lowest BCUT2D eigenvalue weighted by atomic mass is 9.87. The zero-order chi connectivity index (χ0) is 29.0.